The van der Waals surface area contributed by atoms with Crippen molar-refractivity contribution < 1.29 is 4.39 Å². The highest BCUT2D eigenvalue weighted by atomic mass is 19.1. The van der Waals surface area contributed by atoms with Gasteiger partial charge in [-0.05, 0) is 29.6 Å². The molecule has 100 valence electrons. The molecule has 0 amide bonds. The van der Waals surface area contributed by atoms with Crippen molar-refractivity contribution in [3.05, 3.63) is 83.7 Å². The molecule has 3 rings (SSSR count). The van der Waals surface area contributed by atoms with Crippen LogP contribution in [0.3, 0.4) is 0 Å². The van der Waals surface area contributed by atoms with Crippen LogP contribution in [0.5, 0.6) is 0 Å². The summed E-state index contributed by atoms with van der Waals surface area (Å²) >= 11 is 0. The Bertz CT molecular complexity index is 722. The molecule has 0 radical (unpaired) electrons. The van der Waals surface area contributed by atoms with Crippen LogP contribution < -0.4 is 5.32 Å². The van der Waals surface area contributed by atoms with Crippen molar-refractivity contribution >= 4 is 10.8 Å². The van der Waals surface area contributed by atoms with Gasteiger partial charge in [-0.25, -0.2) is 4.39 Å². The Morgan fingerprint density at radius 2 is 1.45 bits per heavy atom. The standard InChI is InChI=1S/C18H16FN/c1-20-18(13-7-3-2-4-8-13)16-11-12-17(19)15-10-6-5-9-14(15)16/h2-12,18,20H,1H3. The Labute approximate surface area is 118 Å². The number of hydrogen-bond acceptors (Lipinski definition) is 1. The maximum absolute atomic E-state index is 13.9. The lowest BCUT2D eigenvalue weighted by atomic mass is 9.93. The Morgan fingerprint density at radius 3 is 2.15 bits per heavy atom. The molecule has 1 atom stereocenters. The smallest absolute Gasteiger partial charge is 0.131 e. The zero-order valence-corrected chi connectivity index (χ0v) is 11.3. The van der Waals surface area contributed by atoms with Crippen molar-refractivity contribution in [1.82, 2.24) is 5.32 Å². The second-order valence-electron chi connectivity index (χ2n) is 4.81. The van der Waals surface area contributed by atoms with Gasteiger partial charge in [0.2, 0.25) is 0 Å². The SMILES string of the molecule is CNC(c1ccccc1)c1ccc(F)c2ccccc12. The summed E-state index contributed by atoms with van der Waals surface area (Å²) in [5.41, 5.74) is 2.27. The first-order valence-electron chi connectivity index (χ1n) is 6.70. The van der Waals surface area contributed by atoms with E-state index in [1.807, 2.05) is 55.6 Å². The largest absolute Gasteiger partial charge is 0.309 e. The van der Waals surface area contributed by atoms with E-state index in [0.29, 0.717) is 5.39 Å². The van der Waals surface area contributed by atoms with Crippen LogP contribution in [-0.2, 0) is 0 Å². The highest BCUT2D eigenvalue weighted by Gasteiger charge is 2.15. The minimum absolute atomic E-state index is 0.0571. The molecular formula is C18H16FN. The number of fused-ring (bicyclic) bond motifs is 1. The van der Waals surface area contributed by atoms with Gasteiger partial charge in [0.05, 0.1) is 6.04 Å². The van der Waals surface area contributed by atoms with Gasteiger partial charge in [-0.2, -0.15) is 0 Å². The van der Waals surface area contributed by atoms with E-state index < -0.39 is 0 Å². The lowest BCUT2D eigenvalue weighted by molar-refractivity contribution is 0.637. The van der Waals surface area contributed by atoms with Gasteiger partial charge in [0.15, 0.2) is 0 Å². The van der Waals surface area contributed by atoms with E-state index in [1.54, 1.807) is 6.07 Å². The average molecular weight is 265 g/mol. The molecule has 1 unspecified atom stereocenters. The van der Waals surface area contributed by atoms with Gasteiger partial charge in [0.25, 0.3) is 0 Å². The zero-order valence-electron chi connectivity index (χ0n) is 11.3. The van der Waals surface area contributed by atoms with Crippen molar-refractivity contribution in [3.8, 4) is 0 Å². The normalized spacial score (nSPS) is 12.5. The molecule has 0 fully saturated rings. The summed E-state index contributed by atoms with van der Waals surface area (Å²) < 4.78 is 13.9. The molecule has 0 spiro atoms. The van der Waals surface area contributed by atoms with E-state index in [9.17, 15) is 4.39 Å². The summed E-state index contributed by atoms with van der Waals surface area (Å²) in [7, 11) is 1.93. The second kappa shape index (κ2) is 5.43. The molecule has 1 nitrogen and oxygen atoms in total. The molecule has 0 heterocycles. The Balaban J connectivity index is 2.21. The topological polar surface area (TPSA) is 12.0 Å². The summed E-state index contributed by atoms with van der Waals surface area (Å²) in [6, 6.07) is 21.3. The Morgan fingerprint density at radius 1 is 0.800 bits per heavy atom. The Kier molecular flexibility index (Phi) is 3.48. The minimum atomic E-state index is -0.174. The molecule has 1 N–H and O–H groups in total. The first-order valence-corrected chi connectivity index (χ1v) is 6.70. The van der Waals surface area contributed by atoms with Crippen molar-refractivity contribution in [2.75, 3.05) is 7.05 Å². The van der Waals surface area contributed by atoms with Gasteiger partial charge in [0, 0.05) is 5.39 Å². The molecule has 3 aromatic rings. The Hall–Kier alpha value is -2.19. The minimum Gasteiger partial charge on any atom is -0.309 e. The molecule has 0 aliphatic heterocycles. The first-order chi connectivity index (χ1) is 9.81. The molecule has 20 heavy (non-hydrogen) atoms. The maximum Gasteiger partial charge on any atom is 0.131 e. The van der Waals surface area contributed by atoms with Gasteiger partial charge in [0.1, 0.15) is 5.82 Å². The van der Waals surface area contributed by atoms with Crippen LogP contribution in [0.2, 0.25) is 0 Å². The van der Waals surface area contributed by atoms with Crippen LogP contribution in [0.25, 0.3) is 10.8 Å². The molecule has 2 heteroatoms. The fourth-order valence-electron chi connectivity index (χ4n) is 2.68. The van der Waals surface area contributed by atoms with Gasteiger partial charge in [-0.15, -0.1) is 0 Å². The van der Waals surface area contributed by atoms with Gasteiger partial charge in [-0.1, -0.05) is 60.7 Å². The fraction of sp³-hybridized carbons (Fsp3) is 0.111. The third-order valence-electron chi connectivity index (χ3n) is 3.64. The molecule has 3 aromatic carbocycles. The van der Waals surface area contributed by atoms with E-state index >= 15 is 0 Å². The van der Waals surface area contributed by atoms with Gasteiger partial charge >= 0.3 is 0 Å². The summed E-state index contributed by atoms with van der Waals surface area (Å²) in [6.07, 6.45) is 0. The van der Waals surface area contributed by atoms with Crippen LogP contribution in [0.15, 0.2) is 66.7 Å². The van der Waals surface area contributed by atoms with Crippen molar-refractivity contribution in [2.24, 2.45) is 0 Å². The van der Waals surface area contributed by atoms with E-state index in [2.05, 4.69) is 17.4 Å². The number of nitrogens with one attached hydrogen (secondary N) is 1. The lowest BCUT2D eigenvalue weighted by Crippen LogP contribution is -2.18. The molecule has 0 saturated carbocycles. The third-order valence-corrected chi connectivity index (χ3v) is 3.64. The third kappa shape index (κ3) is 2.19. The van der Waals surface area contributed by atoms with Crippen molar-refractivity contribution in [1.29, 1.82) is 0 Å². The average Bonchev–Trinajstić information content (AvgIpc) is 2.52. The van der Waals surface area contributed by atoms with Crippen LogP contribution in [0, 0.1) is 5.82 Å². The fourth-order valence-corrected chi connectivity index (χ4v) is 2.68. The molecule has 0 aliphatic carbocycles. The van der Waals surface area contributed by atoms with E-state index in [0.717, 1.165) is 10.9 Å². The lowest BCUT2D eigenvalue weighted by Gasteiger charge is -2.19. The highest BCUT2D eigenvalue weighted by molar-refractivity contribution is 5.87. The molecule has 0 saturated heterocycles. The summed E-state index contributed by atoms with van der Waals surface area (Å²) in [4.78, 5) is 0. The first kappa shape index (κ1) is 12.8. The number of halogens is 1. The van der Waals surface area contributed by atoms with Gasteiger partial charge in [-0.3, -0.25) is 0 Å². The van der Waals surface area contributed by atoms with Crippen LogP contribution in [0.1, 0.15) is 17.2 Å². The van der Waals surface area contributed by atoms with Crippen molar-refractivity contribution in [2.45, 2.75) is 6.04 Å². The summed E-state index contributed by atoms with van der Waals surface area (Å²) in [6.45, 7) is 0. The number of hydrogen-bond donors (Lipinski definition) is 1. The quantitative estimate of drug-likeness (QED) is 0.745. The van der Waals surface area contributed by atoms with E-state index in [-0.39, 0.29) is 11.9 Å². The van der Waals surface area contributed by atoms with Crippen LogP contribution in [-0.4, -0.2) is 7.05 Å². The highest BCUT2D eigenvalue weighted by Crippen LogP contribution is 2.30. The van der Waals surface area contributed by atoms with E-state index in [4.69, 9.17) is 0 Å². The molecule has 0 aromatic heterocycles. The predicted octanol–water partition coefficient (Wildman–Crippen LogP) is 4.29. The van der Waals surface area contributed by atoms with Crippen molar-refractivity contribution in [3.63, 3.8) is 0 Å². The predicted molar refractivity (Wildman–Crippen MR) is 81.3 cm³/mol. The molecule has 0 aliphatic rings. The monoisotopic (exact) mass is 265 g/mol. The van der Waals surface area contributed by atoms with Crippen LogP contribution in [0.4, 0.5) is 4.39 Å². The maximum atomic E-state index is 13.9. The molecular weight excluding hydrogens is 249 g/mol. The van der Waals surface area contributed by atoms with E-state index in [1.165, 1.54) is 5.56 Å². The molecule has 0 bridgehead atoms. The number of benzene rings is 3. The summed E-state index contributed by atoms with van der Waals surface area (Å²) in [5, 5.41) is 4.95. The number of rotatable bonds is 3. The summed E-state index contributed by atoms with van der Waals surface area (Å²) in [5.74, 6) is -0.174. The zero-order chi connectivity index (χ0) is 13.9. The second-order valence-corrected chi connectivity index (χ2v) is 4.81. The van der Waals surface area contributed by atoms with Crippen LogP contribution >= 0.6 is 0 Å². The van der Waals surface area contributed by atoms with Gasteiger partial charge < -0.3 is 5.32 Å².